The molecule has 0 radical (unpaired) electrons. The number of nitrogens with zero attached hydrogens (tertiary/aromatic N) is 1. The number of allylic oxidation sites excluding steroid dienone is 1. The molecule has 1 rings (SSSR count). The van der Waals surface area contributed by atoms with Gasteiger partial charge in [0.1, 0.15) is 0 Å². The Hall–Kier alpha value is -1.82. The number of amides is 2. The monoisotopic (exact) mass is 321 g/mol. The van der Waals surface area contributed by atoms with Crippen LogP contribution in [0.15, 0.2) is 36.7 Å². The van der Waals surface area contributed by atoms with Crippen LogP contribution in [0.25, 0.3) is 0 Å². The number of hydrogen-bond acceptors (Lipinski definition) is 4. The molecule has 0 aliphatic rings. The summed E-state index contributed by atoms with van der Waals surface area (Å²) < 4.78 is 0. The molecular weight excluding hydrogens is 298 g/mol. The van der Waals surface area contributed by atoms with Gasteiger partial charge in [-0.05, 0) is 18.6 Å². The Morgan fingerprint density at radius 1 is 1.23 bits per heavy atom. The third kappa shape index (κ3) is 8.46. The Morgan fingerprint density at radius 2 is 2.00 bits per heavy atom. The van der Waals surface area contributed by atoms with E-state index in [4.69, 9.17) is 0 Å². The molecule has 120 valence electrons. The molecule has 0 bridgehead atoms. The topological polar surface area (TPSA) is 71.1 Å². The van der Waals surface area contributed by atoms with Crippen molar-refractivity contribution in [3.63, 3.8) is 0 Å². The first-order valence-electron chi connectivity index (χ1n) is 7.41. The lowest BCUT2D eigenvalue weighted by molar-refractivity contribution is -0.120. The maximum Gasteiger partial charge on any atom is 0.252 e. The summed E-state index contributed by atoms with van der Waals surface area (Å²) in [5.41, 5.74) is 0.569. The predicted molar refractivity (Wildman–Crippen MR) is 91.0 cm³/mol. The van der Waals surface area contributed by atoms with Gasteiger partial charge in [-0.2, -0.15) is 11.8 Å². The summed E-state index contributed by atoms with van der Waals surface area (Å²) >= 11 is 1.70. The van der Waals surface area contributed by atoms with Crippen molar-refractivity contribution >= 4 is 23.6 Å². The van der Waals surface area contributed by atoms with Crippen molar-refractivity contribution in [2.24, 2.45) is 0 Å². The maximum absolute atomic E-state index is 11.7. The second-order valence-electron chi connectivity index (χ2n) is 4.54. The molecular formula is C16H23N3O2S. The van der Waals surface area contributed by atoms with Gasteiger partial charge in [-0.1, -0.05) is 19.1 Å². The van der Waals surface area contributed by atoms with Crippen molar-refractivity contribution in [2.45, 2.75) is 19.8 Å². The lowest BCUT2D eigenvalue weighted by atomic mass is 10.3. The van der Waals surface area contributed by atoms with Crippen LogP contribution in [0.1, 0.15) is 30.1 Å². The molecule has 0 aromatic carbocycles. The standard InChI is InChI=1S/C16H23N3O2S/c1-2-3-4-7-15(20)18-9-11-22-12-10-19-16(21)14-6-5-8-17-13-14/h3-6,8,13H,2,7,9-12H2,1H3,(H,18,20)(H,19,21)/b4-3-. The zero-order chi connectivity index (χ0) is 16.0. The van der Waals surface area contributed by atoms with Crippen LogP contribution in [0.3, 0.4) is 0 Å². The van der Waals surface area contributed by atoms with Crippen LogP contribution in [0, 0.1) is 0 Å². The van der Waals surface area contributed by atoms with E-state index in [1.165, 1.54) is 0 Å². The van der Waals surface area contributed by atoms with Gasteiger partial charge in [-0.25, -0.2) is 0 Å². The van der Waals surface area contributed by atoms with Crippen molar-refractivity contribution < 1.29 is 9.59 Å². The molecule has 0 aliphatic heterocycles. The molecule has 0 aliphatic carbocycles. The van der Waals surface area contributed by atoms with E-state index in [1.807, 2.05) is 19.1 Å². The summed E-state index contributed by atoms with van der Waals surface area (Å²) in [6, 6.07) is 3.47. The fourth-order valence-electron chi connectivity index (χ4n) is 1.63. The zero-order valence-electron chi connectivity index (χ0n) is 12.9. The van der Waals surface area contributed by atoms with Crippen molar-refractivity contribution in [3.8, 4) is 0 Å². The van der Waals surface area contributed by atoms with Crippen LogP contribution >= 0.6 is 11.8 Å². The van der Waals surface area contributed by atoms with Crippen LogP contribution in [0.4, 0.5) is 0 Å². The van der Waals surface area contributed by atoms with E-state index in [9.17, 15) is 9.59 Å². The van der Waals surface area contributed by atoms with Crippen molar-refractivity contribution in [1.29, 1.82) is 0 Å². The lowest BCUT2D eigenvalue weighted by Crippen LogP contribution is -2.27. The molecule has 22 heavy (non-hydrogen) atoms. The van der Waals surface area contributed by atoms with Crippen molar-refractivity contribution in [1.82, 2.24) is 15.6 Å². The highest BCUT2D eigenvalue weighted by molar-refractivity contribution is 7.99. The fraction of sp³-hybridized carbons (Fsp3) is 0.438. The third-order valence-corrected chi connectivity index (χ3v) is 3.72. The molecule has 5 nitrogen and oxygen atoms in total. The number of thioether (sulfide) groups is 1. The van der Waals surface area contributed by atoms with Crippen molar-refractivity contribution in [2.75, 3.05) is 24.6 Å². The molecule has 1 heterocycles. The summed E-state index contributed by atoms with van der Waals surface area (Å²) in [5.74, 6) is 1.60. The highest BCUT2D eigenvalue weighted by Gasteiger charge is 2.03. The first-order valence-corrected chi connectivity index (χ1v) is 8.57. The Labute approximate surface area is 136 Å². The average Bonchev–Trinajstić information content (AvgIpc) is 2.55. The molecule has 0 spiro atoms. The highest BCUT2D eigenvalue weighted by Crippen LogP contribution is 1.98. The first-order chi connectivity index (χ1) is 10.7. The zero-order valence-corrected chi connectivity index (χ0v) is 13.7. The summed E-state index contributed by atoms with van der Waals surface area (Å²) in [5, 5.41) is 5.70. The SMILES string of the molecule is CC/C=C\CC(=O)NCCSCCNC(=O)c1cccnc1. The lowest BCUT2D eigenvalue weighted by Gasteiger charge is -2.06. The minimum absolute atomic E-state index is 0.0511. The number of pyridine rings is 1. The Bertz CT molecular complexity index is 478. The van der Waals surface area contributed by atoms with Gasteiger partial charge in [0.2, 0.25) is 5.91 Å². The molecule has 0 atom stereocenters. The molecule has 1 aromatic heterocycles. The normalized spacial score (nSPS) is 10.6. The van der Waals surface area contributed by atoms with E-state index in [0.29, 0.717) is 25.1 Å². The molecule has 0 fully saturated rings. The van der Waals surface area contributed by atoms with E-state index >= 15 is 0 Å². The quantitative estimate of drug-likeness (QED) is 0.511. The molecule has 2 N–H and O–H groups in total. The van der Waals surface area contributed by atoms with Gasteiger partial charge in [-0.15, -0.1) is 0 Å². The smallest absolute Gasteiger partial charge is 0.252 e. The molecule has 0 saturated carbocycles. The average molecular weight is 321 g/mol. The predicted octanol–water partition coefficient (Wildman–Crippen LogP) is 2.02. The second kappa shape index (κ2) is 11.8. The minimum atomic E-state index is -0.107. The number of carbonyl (C=O) groups is 2. The highest BCUT2D eigenvalue weighted by atomic mass is 32.2. The van der Waals surface area contributed by atoms with Crippen LogP contribution in [0.2, 0.25) is 0 Å². The number of nitrogens with one attached hydrogen (secondary N) is 2. The van der Waals surface area contributed by atoms with Crippen molar-refractivity contribution in [3.05, 3.63) is 42.2 Å². The van der Waals surface area contributed by atoms with Crippen LogP contribution in [-0.2, 0) is 4.79 Å². The number of rotatable bonds is 10. The minimum Gasteiger partial charge on any atom is -0.355 e. The van der Waals surface area contributed by atoms with E-state index in [2.05, 4.69) is 15.6 Å². The number of carbonyl (C=O) groups excluding carboxylic acids is 2. The van der Waals surface area contributed by atoms with Gasteiger partial charge in [0, 0.05) is 43.4 Å². The van der Waals surface area contributed by atoms with E-state index < -0.39 is 0 Å². The van der Waals surface area contributed by atoms with E-state index in [1.54, 1.807) is 36.3 Å². The van der Waals surface area contributed by atoms with E-state index in [-0.39, 0.29) is 11.8 Å². The van der Waals surface area contributed by atoms with Gasteiger partial charge in [0.15, 0.2) is 0 Å². The summed E-state index contributed by atoms with van der Waals surface area (Å²) in [4.78, 5) is 27.0. The van der Waals surface area contributed by atoms with Gasteiger partial charge in [-0.3, -0.25) is 14.6 Å². The van der Waals surface area contributed by atoms with E-state index in [0.717, 1.165) is 17.9 Å². The van der Waals surface area contributed by atoms with Crippen LogP contribution in [0.5, 0.6) is 0 Å². The summed E-state index contributed by atoms with van der Waals surface area (Å²) in [6.45, 7) is 3.30. The Balaban J connectivity index is 1.99. The van der Waals surface area contributed by atoms with Crippen LogP contribution < -0.4 is 10.6 Å². The summed E-state index contributed by atoms with van der Waals surface area (Å²) in [7, 11) is 0. The molecule has 6 heteroatoms. The molecule has 0 unspecified atom stereocenters. The summed E-state index contributed by atoms with van der Waals surface area (Å²) in [6.07, 6.45) is 8.45. The molecule has 1 aromatic rings. The number of hydrogen-bond donors (Lipinski definition) is 2. The Morgan fingerprint density at radius 3 is 2.68 bits per heavy atom. The van der Waals surface area contributed by atoms with Gasteiger partial charge < -0.3 is 10.6 Å². The van der Waals surface area contributed by atoms with Crippen LogP contribution in [-0.4, -0.2) is 41.4 Å². The van der Waals surface area contributed by atoms with Gasteiger partial charge in [0.05, 0.1) is 5.56 Å². The molecule has 0 saturated heterocycles. The third-order valence-electron chi connectivity index (χ3n) is 2.73. The van der Waals surface area contributed by atoms with Gasteiger partial charge >= 0.3 is 0 Å². The van der Waals surface area contributed by atoms with Gasteiger partial charge in [0.25, 0.3) is 5.91 Å². The fourth-order valence-corrected chi connectivity index (χ4v) is 2.33. The second-order valence-corrected chi connectivity index (χ2v) is 5.77. The number of aromatic nitrogens is 1. The first kappa shape index (κ1) is 18.2. The maximum atomic E-state index is 11.7. The molecule has 2 amide bonds. The Kier molecular flexibility index (Phi) is 9.78. The largest absolute Gasteiger partial charge is 0.355 e.